The SMILES string of the molecule is C[C@H](Oc1ccc(C(=O)NCCc2ccccc2)cc1)C(=O)O. The highest BCUT2D eigenvalue weighted by atomic mass is 16.5. The standard InChI is InChI=1S/C18H19NO4/c1-13(18(21)22)23-16-9-7-15(8-10-16)17(20)19-12-11-14-5-3-2-4-6-14/h2-10,13H,11-12H2,1H3,(H,19,20)(H,21,22)/t13-/m0/s1. The van der Waals surface area contributed by atoms with Crippen LogP contribution in [-0.2, 0) is 11.2 Å². The fourth-order valence-electron chi connectivity index (χ4n) is 2.01. The highest BCUT2D eigenvalue weighted by Gasteiger charge is 2.12. The van der Waals surface area contributed by atoms with Gasteiger partial charge in [-0.15, -0.1) is 0 Å². The van der Waals surface area contributed by atoms with Gasteiger partial charge in [-0.05, 0) is 43.2 Å². The Labute approximate surface area is 134 Å². The second-order valence-corrected chi connectivity index (χ2v) is 5.11. The number of carboxylic acids is 1. The van der Waals surface area contributed by atoms with E-state index >= 15 is 0 Å². The minimum Gasteiger partial charge on any atom is -0.479 e. The summed E-state index contributed by atoms with van der Waals surface area (Å²) in [6.45, 7) is 2.00. The molecule has 0 aromatic heterocycles. The van der Waals surface area contributed by atoms with Crippen molar-refractivity contribution in [2.75, 3.05) is 6.54 Å². The lowest BCUT2D eigenvalue weighted by Gasteiger charge is -2.11. The van der Waals surface area contributed by atoms with E-state index < -0.39 is 12.1 Å². The maximum absolute atomic E-state index is 12.0. The van der Waals surface area contributed by atoms with Crippen molar-refractivity contribution in [1.29, 1.82) is 0 Å². The van der Waals surface area contributed by atoms with Crippen molar-refractivity contribution in [3.8, 4) is 5.75 Å². The van der Waals surface area contributed by atoms with Gasteiger partial charge in [0.05, 0.1) is 0 Å². The van der Waals surface area contributed by atoms with Crippen LogP contribution in [0.5, 0.6) is 5.75 Å². The van der Waals surface area contributed by atoms with E-state index in [1.807, 2.05) is 30.3 Å². The Morgan fingerprint density at radius 3 is 2.35 bits per heavy atom. The molecule has 2 aromatic carbocycles. The zero-order chi connectivity index (χ0) is 16.7. The van der Waals surface area contributed by atoms with Crippen LogP contribution in [0.4, 0.5) is 0 Å². The first kappa shape index (κ1) is 16.5. The van der Waals surface area contributed by atoms with Gasteiger partial charge < -0.3 is 15.2 Å². The summed E-state index contributed by atoms with van der Waals surface area (Å²) < 4.78 is 5.22. The fraction of sp³-hybridized carbons (Fsp3) is 0.222. The van der Waals surface area contributed by atoms with E-state index in [1.165, 1.54) is 12.5 Å². The lowest BCUT2D eigenvalue weighted by atomic mass is 10.1. The summed E-state index contributed by atoms with van der Waals surface area (Å²) >= 11 is 0. The van der Waals surface area contributed by atoms with Crippen LogP contribution in [0.25, 0.3) is 0 Å². The van der Waals surface area contributed by atoms with E-state index in [-0.39, 0.29) is 5.91 Å². The lowest BCUT2D eigenvalue weighted by Crippen LogP contribution is -2.25. The molecular formula is C18H19NO4. The molecule has 23 heavy (non-hydrogen) atoms. The number of carbonyl (C=O) groups excluding carboxylic acids is 1. The quantitative estimate of drug-likeness (QED) is 0.823. The predicted octanol–water partition coefficient (Wildman–Crippen LogP) is 2.51. The van der Waals surface area contributed by atoms with Crippen LogP contribution >= 0.6 is 0 Å². The first-order valence-corrected chi connectivity index (χ1v) is 7.38. The third-order valence-electron chi connectivity index (χ3n) is 3.32. The number of rotatable bonds is 7. The Hall–Kier alpha value is -2.82. The zero-order valence-electron chi connectivity index (χ0n) is 12.9. The molecule has 2 N–H and O–H groups in total. The fourth-order valence-corrected chi connectivity index (χ4v) is 2.01. The largest absolute Gasteiger partial charge is 0.479 e. The molecule has 0 bridgehead atoms. The van der Waals surface area contributed by atoms with Gasteiger partial charge in [0.15, 0.2) is 6.10 Å². The van der Waals surface area contributed by atoms with Crippen LogP contribution in [0.1, 0.15) is 22.8 Å². The van der Waals surface area contributed by atoms with Crippen molar-refractivity contribution < 1.29 is 19.4 Å². The Balaban J connectivity index is 1.84. The monoisotopic (exact) mass is 313 g/mol. The summed E-state index contributed by atoms with van der Waals surface area (Å²) in [7, 11) is 0. The molecule has 0 saturated heterocycles. The Kier molecular flexibility index (Phi) is 5.74. The molecule has 1 amide bonds. The molecule has 0 aliphatic rings. The number of ether oxygens (including phenoxy) is 1. The van der Waals surface area contributed by atoms with Crippen molar-refractivity contribution in [2.24, 2.45) is 0 Å². The maximum Gasteiger partial charge on any atom is 0.344 e. The first-order valence-electron chi connectivity index (χ1n) is 7.38. The normalized spacial score (nSPS) is 11.5. The Morgan fingerprint density at radius 1 is 1.09 bits per heavy atom. The molecule has 0 spiro atoms. The number of carbonyl (C=O) groups is 2. The molecule has 0 unspecified atom stereocenters. The van der Waals surface area contributed by atoms with Crippen LogP contribution in [0.15, 0.2) is 54.6 Å². The maximum atomic E-state index is 12.0. The summed E-state index contributed by atoms with van der Waals surface area (Å²) in [6, 6.07) is 16.3. The van der Waals surface area contributed by atoms with Gasteiger partial charge in [-0.1, -0.05) is 30.3 Å². The van der Waals surface area contributed by atoms with Gasteiger partial charge in [-0.3, -0.25) is 4.79 Å². The van der Waals surface area contributed by atoms with Crippen molar-refractivity contribution >= 4 is 11.9 Å². The van der Waals surface area contributed by atoms with E-state index in [2.05, 4.69) is 5.32 Å². The number of carboxylic acid groups (broad SMARTS) is 1. The summed E-state index contributed by atoms with van der Waals surface area (Å²) in [5.74, 6) is -0.785. The van der Waals surface area contributed by atoms with Gasteiger partial charge in [0.2, 0.25) is 0 Å². The van der Waals surface area contributed by atoms with E-state index in [9.17, 15) is 9.59 Å². The number of amides is 1. The number of hydrogen-bond acceptors (Lipinski definition) is 3. The number of nitrogens with one attached hydrogen (secondary N) is 1. The van der Waals surface area contributed by atoms with Crippen molar-refractivity contribution in [1.82, 2.24) is 5.32 Å². The second kappa shape index (κ2) is 7.98. The third kappa shape index (κ3) is 5.14. The number of benzene rings is 2. The predicted molar refractivity (Wildman–Crippen MR) is 86.6 cm³/mol. The molecule has 0 fully saturated rings. The van der Waals surface area contributed by atoms with Gasteiger partial charge in [0.1, 0.15) is 5.75 Å². The topological polar surface area (TPSA) is 75.6 Å². The average Bonchev–Trinajstić information content (AvgIpc) is 2.56. The summed E-state index contributed by atoms with van der Waals surface area (Å²) in [6.07, 6.45) is -0.162. The van der Waals surface area contributed by atoms with E-state index in [4.69, 9.17) is 9.84 Å². The van der Waals surface area contributed by atoms with Crippen LogP contribution in [0.2, 0.25) is 0 Å². The molecule has 1 atom stereocenters. The van der Waals surface area contributed by atoms with Crippen molar-refractivity contribution in [3.63, 3.8) is 0 Å². The molecule has 0 heterocycles. The van der Waals surface area contributed by atoms with Crippen LogP contribution in [-0.4, -0.2) is 29.6 Å². The number of hydrogen-bond donors (Lipinski definition) is 2. The molecule has 2 rings (SSSR count). The van der Waals surface area contributed by atoms with E-state index in [1.54, 1.807) is 24.3 Å². The molecule has 2 aromatic rings. The molecule has 0 aliphatic carbocycles. The Bertz CT molecular complexity index is 652. The highest BCUT2D eigenvalue weighted by Crippen LogP contribution is 2.14. The van der Waals surface area contributed by atoms with Crippen molar-refractivity contribution in [2.45, 2.75) is 19.4 Å². The van der Waals surface area contributed by atoms with Gasteiger partial charge in [-0.25, -0.2) is 4.79 Å². The lowest BCUT2D eigenvalue weighted by molar-refractivity contribution is -0.144. The summed E-state index contributed by atoms with van der Waals surface area (Å²) in [5, 5.41) is 11.6. The molecule has 0 saturated carbocycles. The van der Waals surface area contributed by atoms with Crippen LogP contribution in [0.3, 0.4) is 0 Å². The van der Waals surface area contributed by atoms with E-state index in [0.717, 1.165) is 6.42 Å². The minimum absolute atomic E-state index is 0.168. The number of aliphatic carboxylic acids is 1. The summed E-state index contributed by atoms with van der Waals surface area (Å²) in [4.78, 5) is 22.8. The average molecular weight is 313 g/mol. The van der Waals surface area contributed by atoms with Gasteiger partial charge in [0.25, 0.3) is 5.91 Å². The van der Waals surface area contributed by atoms with Gasteiger partial charge >= 0.3 is 5.97 Å². The van der Waals surface area contributed by atoms with Crippen LogP contribution < -0.4 is 10.1 Å². The smallest absolute Gasteiger partial charge is 0.344 e. The van der Waals surface area contributed by atoms with Gasteiger partial charge in [-0.2, -0.15) is 0 Å². The molecule has 120 valence electrons. The molecular weight excluding hydrogens is 294 g/mol. The molecule has 5 nitrogen and oxygen atoms in total. The Morgan fingerprint density at radius 2 is 1.74 bits per heavy atom. The minimum atomic E-state index is -1.03. The summed E-state index contributed by atoms with van der Waals surface area (Å²) in [5.41, 5.74) is 1.67. The zero-order valence-corrected chi connectivity index (χ0v) is 12.9. The molecule has 0 radical (unpaired) electrons. The first-order chi connectivity index (χ1) is 11.1. The molecule has 5 heteroatoms. The third-order valence-corrected chi connectivity index (χ3v) is 3.32. The van der Waals surface area contributed by atoms with Gasteiger partial charge in [0, 0.05) is 12.1 Å². The molecule has 0 aliphatic heterocycles. The van der Waals surface area contributed by atoms with E-state index in [0.29, 0.717) is 17.9 Å². The second-order valence-electron chi connectivity index (χ2n) is 5.11. The van der Waals surface area contributed by atoms with Crippen LogP contribution in [0, 0.1) is 0 Å². The highest BCUT2D eigenvalue weighted by molar-refractivity contribution is 5.94. The van der Waals surface area contributed by atoms with Crippen molar-refractivity contribution in [3.05, 3.63) is 65.7 Å².